The Kier molecular flexibility index (Phi) is 8.25. The molecule has 1 aliphatic carbocycles. The highest BCUT2D eigenvalue weighted by molar-refractivity contribution is 5.77. The van der Waals surface area contributed by atoms with Gasteiger partial charge >= 0.3 is 0 Å². The molecule has 0 saturated heterocycles. The second-order valence-electron chi connectivity index (χ2n) is 8.25. The van der Waals surface area contributed by atoms with Crippen molar-refractivity contribution in [2.45, 2.75) is 85.2 Å². The van der Waals surface area contributed by atoms with Gasteiger partial charge in [0, 0.05) is 31.5 Å². The molecule has 0 fully saturated rings. The van der Waals surface area contributed by atoms with Crippen molar-refractivity contribution in [1.82, 2.24) is 25.6 Å². The van der Waals surface area contributed by atoms with Gasteiger partial charge in [0.15, 0.2) is 0 Å². The van der Waals surface area contributed by atoms with Crippen LogP contribution in [0.25, 0.3) is 0 Å². The van der Waals surface area contributed by atoms with Crippen LogP contribution in [0.1, 0.15) is 71.2 Å². The van der Waals surface area contributed by atoms with Crippen molar-refractivity contribution in [3.8, 4) is 0 Å². The first kappa shape index (κ1) is 21.4. The topological polar surface area (TPSA) is 88.9 Å². The van der Waals surface area contributed by atoms with E-state index in [4.69, 9.17) is 0 Å². The summed E-state index contributed by atoms with van der Waals surface area (Å²) in [5.41, 5.74) is 2.25. The number of carbonyl (C=O) groups excluding carboxylic acids is 2. The van der Waals surface area contributed by atoms with E-state index in [1.54, 1.807) is 0 Å². The summed E-state index contributed by atoms with van der Waals surface area (Å²) < 4.78 is 1.99. The van der Waals surface area contributed by atoms with Crippen molar-refractivity contribution in [1.29, 1.82) is 0 Å². The zero-order valence-corrected chi connectivity index (χ0v) is 17.3. The van der Waals surface area contributed by atoms with Gasteiger partial charge < -0.3 is 10.6 Å². The Bertz CT molecular complexity index is 624. The van der Waals surface area contributed by atoms with Gasteiger partial charge in [-0.2, -0.15) is 0 Å². The Hall–Kier alpha value is -1.92. The van der Waals surface area contributed by atoms with Gasteiger partial charge in [-0.3, -0.25) is 9.59 Å². The molecule has 0 aliphatic heterocycles. The number of carbonyl (C=O) groups is 2. The lowest BCUT2D eigenvalue weighted by Gasteiger charge is -2.20. The molecule has 27 heavy (non-hydrogen) atoms. The molecule has 1 heterocycles. The normalized spacial score (nSPS) is 17.3. The number of aryl methyl sites for hydroxylation is 1. The number of amides is 2. The predicted molar refractivity (Wildman–Crippen MR) is 105 cm³/mol. The number of nitrogens with zero attached hydrogens (tertiary/aromatic N) is 3. The van der Waals surface area contributed by atoms with Crippen LogP contribution in [-0.2, 0) is 29.0 Å². The fourth-order valence-electron chi connectivity index (χ4n) is 3.54. The zero-order chi connectivity index (χ0) is 19.8. The molecule has 7 nitrogen and oxygen atoms in total. The third-order valence-electron chi connectivity index (χ3n) is 4.97. The minimum absolute atomic E-state index is 0.0150. The molecule has 7 heteroatoms. The summed E-state index contributed by atoms with van der Waals surface area (Å²) in [5.74, 6) is 0.566. The zero-order valence-electron chi connectivity index (χ0n) is 17.3. The average Bonchev–Trinajstić information content (AvgIpc) is 2.92. The monoisotopic (exact) mass is 377 g/mol. The van der Waals surface area contributed by atoms with Crippen LogP contribution in [0.2, 0.25) is 0 Å². The Morgan fingerprint density at radius 2 is 2.00 bits per heavy atom. The second kappa shape index (κ2) is 10.4. The molecule has 1 unspecified atom stereocenters. The van der Waals surface area contributed by atoms with Gasteiger partial charge in [-0.15, -0.1) is 5.10 Å². The first-order valence-electron chi connectivity index (χ1n) is 10.3. The van der Waals surface area contributed by atoms with E-state index >= 15 is 0 Å². The average molecular weight is 378 g/mol. The van der Waals surface area contributed by atoms with Gasteiger partial charge in [0.1, 0.15) is 0 Å². The lowest BCUT2D eigenvalue weighted by atomic mass is 9.89. The van der Waals surface area contributed by atoms with Crippen molar-refractivity contribution in [2.24, 2.45) is 11.8 Å². The molecule has 0 radical (unpaired) electrons. The molecule has 152 valence electrons. The van der Waals surface area contributed by atoms with E-state index in [9.17, 15) is 9.59 Å². The largest absolute Gasteiger partial charge is 0.356 e. The highest BCUT2D eigenvalue weighted by Crippen LogP contribution is 2.25. The summed E-state index contributed by atoms with van der Waals surface area (Å²) in [6.45, 7) is 9.19. The first-order chi connectivity index (χ1) is 12.9. The van der Waals surface area contributed by atoms with Crippen molar-refractivity contribution >= 4 is 11.8 Å². The van der Waals surface area contributed by atoms with E-state index in [0.717, 1.165) is 50.8 Å². The molecule has 2 rings (SSSR count). The van der Waals surface area contributed by atoms with E-state index in [-0.39, 0.29) is 23.8 Å². The quantitative estimate of drug-likeness (QED) is 0.680. The minimum atomic E-state index is 0.0150. The Morgan fingerprint density at radius 3 is 2.70 bits per heavy atom. The fourth-order valence-corrected chi connectivity index (χ4v) is 3.54. The number of fused-ring (bicyclic) bond motifs is 1. The van der Waals surface area contributed by atoms with E-state index in [2.05, 4.69) is 20.9 Å². The second-order valence-corrected chi connectivity index (χ2v) is 8.25. The number of rotatable bonds is 8. The van der Waals surface area contributed by atoms with Gasteiger partial charge in [0.05, 0.1) is 11.4 Å². The smallest absolute Gasteiger partial charge is 0.222 e. The maximum Gasteiger partial charge on any atom is 0.222 e. The van der Waals surface area contributed by atoms with Gasteiger partial charge in [0.2, 0.25) is 11.8 Å². The minimum Gasteiger partial charge on any atom is -0.356 e. The molecule has 2 amide bonds. The summed E-state index contributed by atoms with van der Waals surface area (Å²) >= 11 is 0. The molecular formula is C20H35N5O2. The lowest BCUT2D eigenvalue weighted by molar-refractivity contribution is -0.124. The molecule has 1 aromatic rings. The van der Waals surface area contributed by atoms with Crippen LogP contribution in [0.3, 0.4) is 0 Å². The molecule has 0 spiro atoms. The molecule has 1 aliphatic rings. The number of aromatic nitrogens is 3. The third kappa shape index (κ3) is 6.96. The molecule has 0 bridgehead atoms. The van der Waals surface area contributed by atoms with Gasteiger partial charge in [0.25, 0.3) is 0 Å². The van der Waals surface area contributed by atoms with E-state index < -0.39 is 0 Å². The summed E-state index contributed by atoms with van der Waals surface area (Å²) in [4.78, 5) is 23.8. The SMILES string of the molecule is CC(C)NC(=O)CC1CCCCc2c(nnn2CCCNC(=O)C(C)C)C1. The van der Waals surface area contributed by atoms with E-state index in [0.29, 0.717) is 18.9 Å². The summed E-state index contributed by atoms with van der Waals surface area (Å²) in [7, 11) is 0. The molecule has 1 atom stereocenters. The van der Waals surface area contributed by atoms with Crippen LogP contribution >= 0.6 is 0 Å². The van der Waals surface area contributed by atoms with Crippen molar-refractivity contribution in [3.63, 3.8) is 0 Å². The van der Waals surface area contributed by atoms with Crippen LogP contribution in [0, 0.1) is 11.8 Å². The van der Waals surface area contributed by atoms with Crippen molar-refractivity contribution in [2.75, 3.05) is 6.54 Å². The standard InChI is InChI=1S/C20H35N5O2/c1-14(2)20(27)21-10-7-11-25-18-9-6-5-8-16(12-17(18)23-24-25)13-19(26)22-15(3)4/h14-16H,5-13H2,1-4H3,(H,21,27)(H,22,26). The Balaban J connectivity index is 1.91. The molecular weight excluding hydrogens is 342 g/mol. The maximum atomic E-state index is 12.1. The molecule has 1 aromatic heterocycles. The van der Waals surface area contributed by atoms with E-state index in [1.165, 1.54) is 5.69 Å². The van der Waals surface area contributed by atoms with Crippen LogP contribution in [0.5, 0.6) is 0 Å². The predicted octanol–water partition coefficient (Wildman–Crippen LogP) is 2.24. The highest BCUT2D eigenvalue weighted by Gasteiger charge is 2.22. The number of hydrogen-bond donors (Lipinski definition) is 2. The summed E-state index contributed by atoms with van der Waals surface area (Å²) in [5, 5.41) is 14.7. The molecule has 0 aromatic carbocycles. The van der Waals surface area contributed by atoms with Crippen molar-refractivity contribution < 1.29 is 9.59 Å². The number of nitrogens with one attached hydrogen (secondary N) is 2. The van der Waals surface area contributed by atoms with Crippen LogP contribution in [0.15, 0.2) is 0 Å². The first-order valence-corrected chi connectivity index (χ1v) is 10.3. The fraction of sp³-hybridized carbons (Fsp3) is 0.800. The van der Waals surface area contributed by atoms with Crippen LogP contribution in [-0.4, -0.2) is 39.4 Å². The van der Waals surface area contributed by atoms with Gasteiger partial charge in [-0.25, -0.2) is 4.68 Å². The van der Waals surface area contributed by atoms with Crippen LogP contribution in [0.4, 0.5) is 0 Å². The Morgan fingerprint density at radius 1 is 1.22 bits per heavy atom. The van der Waals surface area contributed by atoms with Crippen molar-refractivity contribution in [3.05, 3.63) is 11.4 Å². The number of hydrogen-bond acceptors (Lipinski definition) is 4. The van der Waals surface area contributed by atoms with Crippen LogP contribution < -0.4 is 10.6 Å². The van der Waals surface area contributed by atoms with E-state index in [1.807, 2.05) is 32.4 Å². The maximum absolute atomic E-state index is 12.1. The lowest BCUT2D eigenvalue weighted by Crippen LogP contribution is -2.32. The van der Waals surface area contributed by atoms with Gasteiger partial charge in [-0.1, -0.05) is 25.5 Å². The Labute approximate surface area is 162 Å². The third-order valence-corrected chi connectivity index (χ3v) is 4.97. The van der Waals surface area contributed by atoms with Gasteiger partial charge in [-0.05, 0) is 51.9 Å². The molecule has 2 N–H and O–H groups in total. The summed E-state index contributed by atoms with van der Waals surface area (Å²) in [6, 6.07) is 0.179. The highest BCUT2D eigenvalue weighted by atomic mass is 16.2. The molecule has 0 saturated carbocycles. The summed E-state index contributed by atoms with van der Waals surface area (Å²) in [6.07, 6.45) is 6.53.